The minimum Gasteiger partial charge on any atom is -0.398 e. The van der Waals surface area contributed by atoms with Crippen LogP contribution in [0.1, 0.15) is 19.4 Å². The van der Waals surface area contributed by atoms with Crippen LogP contribution in [0.15, 0.2) is 24.3 Å². The molecule has 0 aromatic heterocycles. The van der Waals surface area contributed by atoms with Crippen molar-refractivity contribution in [3.63, 3.8) is 0 Å². The lowest BCUT2D eigenvalue weighted by molar-refractivity contribution is 0.205. The topological polar surface area (TPSA) is 29.3 Å². The summed E-state index contributed by atoms with van der Waals surface area (Å²) in [7, 11) is 0. The number of nitrogens with two attached hydrogens (primary N) is 1. The zero-order valence-electron chi connectivity index (χ0n) is 10.0. The largest absolute Gasteiger partial charge is 0.398 e. The van der Waals surface area contributed by atoms with E-state index in [1.165, 1.54) is 17.9 Å². The Balaban J connectivity index is 2.06. The normalized spacial score (nSPS) is 26.9. The Morgan fingerprint density at radius 2 is 2.12 bits per heavy atom. The minimum atomic E-state index is 0.637. The Morgan fingerprint density at radius 3 is 2.88 bits per heavy atom. The molecule has 88 valence electrons. The predicted octanol–water partition coefficient (Wildman–Crippen LogP) is 2.59. The molecule has 0 spiro atoms. The monoisotopic (exact) mass is 236 g/mol. The SMILES string of the molecule is CC1SCCN(Cc2ccccc2N)C1C. The molecule has 1 saturated heterocycles. The average molecular weight is 236 g/mol. The summed E-state index contributed by atoms with van der Waals surface area (Å²) in [6, 6.07) is 8.82. The molecule has 1 aromatic rings. The Hall–Kier alpha value is -0.670. The Kier molecular flexibility index (Phi) is 3.77. The highest BCUT2D eigenvalue weighted by Crippen LogP contribution is 2.26. The number of nitrogen functional groups attached to an aromatic ring is 1. The molecule has 0 radical (unpaired) electrons. The molecule has 1 aliphatic rings. The van der Waals surface area contributed by atoms with Crippen LogP contribution in [0.5, 0.6) is 0 Å². The first-order chi connectivity index (χ1) is 7.68. The van der Waals surface area contributed by atoms with Crippen molar-refractivity contribution in [2.75, 3.05) is 18.0 Å². The van der Waals surface area contributed by atoms with E-state index in [4.69, 9.17) is 5.73 Å². The Bertz CT molecular complexity index is 354. The summed E-state index contributed by atoms with van der Waals surface area (Å²) in [6.45, 7) is 6.79. The first-order valence-corrected chi connectivity index (χ1v) is 6.92. The maximum absolute atomic E-state index is 5.99. The van der Waals surface area contributed by atoms with Gasteiger partial charge in [0.25, 0.3) is 0 Å². The number of rotatable bonds is 2. The van der Waals surface area contributed by atoms with Gasteiger partial charge in [0.1, 0.15) is 0 Å². The van der Waals surface area contributed by atoms with Gasteiger partial charge in [-0.2, -0.15) is 11.8 Å². The van der Waals surface area contributed by atoms with Crippen LogP contribution in [0.4, 0.5) is 5.69 Å². The van der Waals surface area contributed by atoms with Crippen LogP contribution < -0.4 is 5.73 Å². The summed E-state index contributed by atoms with van der Waals surface area (Å²) in [5.74, 6) is 1.23. The summed E-state index contributed by atoms with van der Waals surface area (Å²) >= 11 is 2.07. The minimum absolute atomic E-state index is 0.637. The molecule has 0 aliphatic carbocycles. The summed E-state index contributed by atoms with van der Waals surface area (Å²) in [6.07, 6.45) is 0. The van der Waals surface area contributed by atoms with Gasteiger partial charge in [-0.05, 0) is 18.6 Å². The van der Waals surface area contributed by atoms with Gasteiger partial charge in [-0.1, -0.05) is 25.1 Å². The van der Waals surface area contributed by atoms with Crippen molar-refractivity contribution in [3.8, 4) is 0 Å². The smallest absolute Gasteiger partial charge is 0.0359 e. The first kappa shape index (κ1) is 11.8. The fourth-order valence-electron chi connectivity index (χ4n) is 2.12. The highest BCUT2D eigenvalue weighted by atomic mass is 32.2. The standard InChI is InChI=1S/C13H20N2S/c1-10-11(2)16-8-7-15(10)9-12-5-3-4-6-13(12)14/h3-6,10-11H,7-9,14H2,1-2H3. The van der Waals surface area contributed by atoms with Crippen LogP contribution in [0.25, 0.3) is 0 Å². The molecule has 0 bridgehead atoms. The molecule has 2 N–H and O–H groups in total. The summed E-state index contributed by atoms with van der Waals surface area (Å²) < 4.78 is 0. The van der Waals surface area contributed by atoms with E-state index < -0.39 is 0 Å². The number of para-hydroxylation sites is 1. The second-order valence-corrected chi connectivity index (χ2v) is 5.97. The zero-order chi connectivity index (χ0) is 11.5. The molecule has 2 unspecified atom stereocenters. The molecule has 1 aliphatic heterocycles. The molecule has 0 saturated carbocycles. The van der Waals surface area contributed by atoms with Crippen molar-refractivity contribution in [1.82, 2.24) is 4.90 Å². The van der Waals surface area contributed by atoms with E-state index in [-0.39, 0.29) is 0 Å². The molecular weight excluding hydrogens is 216 g/mol. The zero-order valence-corrected chi connectivity index (χ0v) is 10.8. The van der Waals surface area contributed by atoms with E-state index in [0.717, 1.165) is 17.5 Å². The van der Waals surface area contributed by atoms with E-state index in [1.807, 2.05) is 12.1 Å². The molecule has 1 aromatic carbocycles. The maximum atomic E-state index is 5.99. The molecule has 16 heavy (non-hydrogen) atoms. The van der Waals surface area contributed by atoms with Gasteiger partial charge in [0.2, 0.25) is 0 Å². The molecule has 1 heterocycles. The van der Waals surface area contributed by atoms with Gasteiger partial charge < -0.3 is 5.73 Å². The van der Waals surface area contributed by atoms with Crippen LogP contribution in [0.3, 0.4) is 0 Å². The van der Waals surface area contributed by atoms with Crippen LogP contribution in [0, 0.1) is 0 Å². The van der Waals surface area contributed by atoms with Gasteiger partial charge in [0, 0.05) is 35.8 Å². The van der Waals surface area contributed by atoms with Crippen molar-refractivity contribution >= 4 is 17.4 Å². The average Bonchev–Trinajstić information content (AvgIpc) is 2.28. The Morgan fingerprint density at radius 1 is 1.38 bits per heavy atom. The summed E-state index contributed by atoms with van der Waals surface area (Å²) in [4.78, 5) is 2.53. The van der Waals surface area contributed by atoms with E-state index in [9.17, 15) is 0 Å². The maximum Gasteiger partial charge on any atom is 0.0359 e. The van der Waals surface area contributed by atoms with Crippen molar-refractivity contribution in [1.29, 1.82) is 0 Å². The third-order valence-corrected chi connectivity index (χ3v) is 4.78. The van der Waals surface area contributed by atoms with Crippen LogP contribution in [0.2, 0.25) is 0 Å². The molecule has 1 fully saturated rings. The van der Waals surface area contributed by atoms with E-state index in [0.29, 0.717) is 6.04 Å². The number of hydrogen-bond donors (Lipinski definition) is 1. The van der Waals surface area contributed by atoms with Gasteiger partial charge in [-0.15, -0.1) is 0 Å². The van der Waals surface area contributed by atoms with Gasteiger partial charge in [0.05, 0.1) is 0 Å². The quantitative estimate of drug-likeness (QED) is 0.800. The number of thioether (sulfide) groups is 1. The first-order valence-electron chi connectivity index (χ1n) is 5.87. The molecule has 2 atom stereocenters. The molecule has 2 rings (SSSR count). The number of anilines is 1. The molecular formula is C13H20N2S. The van der Waals surface area contributed by atoms with Crippen molar-refractivity contribution < 1.29 is 0 Å². The van der Waals surface area contributed by atoms with E-state index >= 15 is 0 Å². The van der Waals surface area contributed by atoms with E-state index in [2.05, 4.69) is 42.6 Å². The van der Waals surface area contributed by atoms with Gasteiger partial charge in [-0.25, -0.2) is 0 Å². The van der Waals surface area contributed by atoms with Crippen molar-refractivity contribution in [2.24, 2.45) is 0 Å². The Labute approximate surface area is 102 Å². The highest BCUT2D eigenvalue weighted by Gasteiger charge is 2.25. The van der Waals surface area contributed by atoms with Crippen LogP contribution >= 0.6 is 11.8 Å². The summed E-state index contributed by atoms with van der Waals surface area (Å²) in [5, 5.41) is 0.721. The van der Waals surface area contributed by atoms with Gasteiger partial charge in [-0.3, -0.25) is 4.90 Å². The number of hydrogen-bond acceptors (Lipinski definition) is 3. The van der Waals surface area contributed by atoms with Gasteiger partial charge >= 0.3 is 0 Å². The second-order valence-electron chi connectivity index (χ2n) is 4.49. The highest BCUT2D eigenvalue weighted by molar-refractivity contribution is 8.00. The number of nitrogens with zero attached hydrogens (tertiary/aromatic N) is 1. The fraction of sp³-hybridized carbons (Fsp3) is 0.538. The van der Waals surface area contributed by atoms with Crippen molar-refractivity contribution in [3.05, 3.63) is 29.8 Å². The van der Waals surface area contributed by atoms with Gasteiger partial charge in [0.15, 0.2) is 0 Å². The number of benzene rings is 1. The van der Waals surface area contributed by atoms with Crippen LogP contribution in [-0.2, 0) is 6.54 Å². The van der Waals surface area contributed by atoms with Crippen LogP contribution in [-0.4, -0.2) is 28.5 Å². The lowest BCUT2D eigenvalue weighted by atomic mass is 10.1. The molecule has 3 heteroatoms. The predicted molar refractivity (Wildman–Crippen MR) is 72.6 cm³/mol. The van der Waals surface area contributed by atoms with E-state index in [1.54, 1.807) is 0 Å². The molecule has 2 nitrogen and oxygen atoms in total. The van der Waals surface area contributed by atoms with Crippen molar-refractivity contribution in [2.45, 2.75) is 31.7 Å². The summed E-state index contributed by atoms with van der Waals surface area (Å²) in [5.41, 5.74) is 8.16. The molecule has 0 amide bonds. The third-order valence-electron chi connectivity index (χ3n) is 3.44. The second kappa shape index (κ2) is 5.11. The lowest BCUT2D eigenvalue weighted by Gasteiger charge is -2.37. The third kappa shape index (κ3) is 2.53. The lowest BCUT2D eigenvalue weighted by Crippen LogP contribution is -2.44. The fourth-order valence-corrected chi connectivity index (χ4v) is 3.28.